The van der Waals surface area contributed by atoms with Gasteiger partial charge in [0.1, 0.15) is 6.54 Å². The third-order valence-corrected chi connectivity index (χ3v) is 4.72. The number of hydrogen-bond donors (Lipinski definition) is 0. The van der Waals surface area contributed by atoms with Gasteiger partial charge in [-0.2, -0.15) is 0 Å². The number of rotatable bonds is 11. The van der Waals surface area contributed by atoms with E-state index in [1.165, 1.54) is 44.9 Å². The molecular weight excluding hydrogens is 310 g/mol. The molecule has 0 aromatic heterocycles. The Bertz CT molecular complexity index is 541. The van der Waals surface area contributed by atoms with E-state index in [1.807, 2.05) is 30.3 Å². The highest BCUT2D eigenvalue weighted by atomic mass is 16.2. The van der Waals surface area contributed by atoms with E-state index in [0.29, 0.717) is 6.54 Å². The van der Waals surface area contributed by atoms with Crippen molar-refractivity contribution in [3.05, 3.63) is 30.3 Å². The molecule has 0 radical (unpaired) electrons. The number of amides is 1. The van der Waals surface area contributed by atoms with Crippen LogP contribution in [0, 0.1) is 0 Å². The monoisotopic (exact) mass is 343 g/mol. The minimum absolute atomic E-state index is 0.114. The molecule has 1 saturated heterocycles. The first kappa shape index (κ1) is 19.5. The van der Waals surface area contributed by atoms with Crippen LogP contribution < -0.4 is 4.90 Å². The first-order valence-electron chi connectivity index (χ1n) is 9.95. The average molecular weight is 344 g/mol. The normalized spacial score (nSPS) is 16.2. The molecule has 1 aliphatic heterocycles. The molecule has 1 aliphatic rings. The third-order valence-electron chi connectivity index (χ3n) is 4.72. The third kappa shape index (κ3) is 5.87. The van der Waals surface area contributed by atoms with Gasteiger partial charge in [0, 0.05) is 13.1 Å². The molecule has 0 saturated carbocycles. The molecule has 4 heteroatoms. The Morgan fingerprint density at radius 1 is 0.920 bits per heavy atom. The number of carbonyl (C=O) groups excluding carboxylic acids is 1. The largest absolute Gasteiger partial charge is 0.333 e. The number of aliphatic imine (C=N–C) groups is 1. The summed E-state index contributed by atoms with van der Waals surface area (Å²) in [5.74, 6) is 0.935. The zero-order valence-electron chi connectivity index (χ0n) is 15.9. The van der Waals surface area contributed by atoms with Crippen molar-refractivity contribution in [2.75, 3.05) is 24.5 Å². The molecule has 0 spiro atoms. The summed E-state index contributed by atoms with van der Waals surface area (Å²) in [6.07, 6.45) is 10.4. The van der Waals surface area contributed by atoms with Gasteiger partial charge < -0.3 is 4.90 Å². The molecular formula is C21H33N3O. The lowest BCUT2D eigenvalue weighted by Gasteiger charge is -2.20. The fourth-order valence-electron chi connectivity index (χ4n) is 3.24. The minimum atomic E-state index is 0.114. The van der Waals surface area contributed by atoms with Gasteiger partial charge in [0.05, 0.1) is 5.69 Å². The van der Waals surface area contributed by atoms with Crippen LogP contribution in [0.2, 0.25) is 0 Å². The number of para-hydroxylation sites is 1. The molecule has 0 atom stereocenters. The molecule has 2 rings (SSSR count). The van der Waals surface area contributed by atoms with Crippen molar-refractivity contribution < 1.29 is 4.79 Å². The summed E-state index contributed by atoms with van der Waals surface area (Å²) in [4.78, 5) is 21.0. The predicted molar refractivity (Wildman–Crippen MR) is 106 cm³/mol. The number of benzene rings is 1. The van der Waals surface area contributed by atoms with E-state index in [9.17, 15) is 4.79 Å². The molecule has 0 aliphatic carbocycles. The van der Waals surface area contributed by atoms with Crippen molar-refractivity contribution in [2.45, 2.75) is 65.2 Å². The highest BCUT2D eigenvalue weighted by molar-refractivity contribution is 6.21. The number of hydrogen-bond acceptors (Lipinski definition) is 2. The summed E-state index contributed by atoms with van der Waals surface area (Å²) in [6.45, 7) is 6.38. The molecule has 1 heterocycles. The quantitative estimate of drug-likeness (QED) is 0.538. The van der Waals surface area contributed by atoms with Gasteiger partial charge in [-0.1, -0.05) is 70.1 Å². The number of carbonyl (C=O) groups is 1. The standard InChI is InChI=1S/C21H33N3O/c1-3-5-6-7-8-9-10-14-17-22-21-23(4-2)18-20(25)24(21)19-15-12-11-13-16-19/h11-13,15-16H,3-10,14,17-18H2,1-2H3. The highest BCUT2D eigenvalue weighted by Crippen LogP contribution is 2.21. The fourth-order valence-corrected chi connectivity index (χ4v) is 3.24. The Hall–Kier alpha value is -1.84. The second-order valence-electron chi connectivity index (χ2n) is 6.74. The zero-order valence-corrected chi connectivity index (χ0v) is 15.9. The summed E-state index contributed by atoms with van der Waals surface area (Å²) in [5, 5.41) is 0. The van der Waals surface area contributed by atoms with E-state index in [1.54, 1.807) is 4.90 Å². The van der Waals surface area contributed by atoms with Gasteiger partial charge in [0.2, 0.25) is 5.96 Å². The van der Waals surface area contributed by atoms with Crippen LogP contribution in [0.5, 0.6) is 0 Å². The van der Waals surface area contributed by atoms with E-state index >= 15 is 0 Å². The Morgan fingerprint density at radius 3 is 2.20 bits per heavy atom. The molecule has 1 aromatic carbocycles. The summed E-state index contributed by atoms with van der Waals surface area (Å²) < 4.78 is 0. The lowest BCUT2D eigenvalue weighted by atomic mass is 10.1. The summed E-state index contributed by atoms with van der Waals surface area (Å²) >= 11 is 0. The molecule has 1 amide bonds. The molecule has 4 nitrogen and oxygen atoms in total. The van der Waals surface area contributed by atoms with Gasteiger partial charge in [-0.15, -0.1) is 0 Å². The summed E-state index contributed by atoms with van der Waals surface area (Å²) in [6, 6.07) is 9.85. The highest BCUT2D eigenvalue weighted by Gasteiger charge is 2.33. The SMILES string of the molecule is CCCCCCCCCCN=C1N(CC)CC(=O)N1c1ccccc1. The molecule has 0 unspecified atom stereocenters. The topological polar surface area (TPSA) is 35.9 Å². The molecule has 0 bridgehead atoms. The number of unbranched alkanes of at least 4 members (excludes halogenated alkanes) is 7. The first-order valence-corrected chi connectivity index (χ1v) is 9.95. The predicted octanol–water partition coefficient (Wildman–Crippen LogP) is 4.85. The van der Waals surface area contributed by atoms with Crippen molar-refractivity contribution in [1.82, 2.24) is 4.90 Å². The van der Waals surface area contributed by atoms with Gasteiger partial charge in [-0.05, 0) is 25.5 Å². The Kier molecular flexibility index (Phi) is 8.50. The molecule has 1 aromatic rings. The maximum atomic E-state index is 12.4. The van der Waals surface area contributed by atoms with Crippen LogP contribution in [-0.2, 0) is 4.79 Å². The zero-order chi connectivity index (χ0) is 17.9. The van der Waals surface area contributed by atoms with Crippen molar-refractivity contribution in [2.24, 2.45) is 4.99 Å². The van der Waals surface area contributed by atoms with Gasteiger partial charge >= 0.3 is 0 Å². The molecule has 25 heavy (non-hydrogen) atoms. The number of nitrogens with zero attached hydrogens (tertiary/aromatic N) is 3. The van der Waals surface area contributed by atoms with E-state index in [4.69, 9.17) is 4.99 Å². The van der Waals surface area contributed by atoms with Crippen LogP contribution in [0.3, 0.4) is 0 Å². The van der Waals surface area contributed by atoms with Crippen molar-refractivity contribution in [3.8, 4) is 0 Å². The maximum absolute atomic E-state index is 12.4. The number of anilines is 1. The Balaban J connectivity index is 1.84. The van der Waals surface area contributed by atoms with Crippen molar-refractivity contribution in [3.63, 3.8) is 0 Å². The van der Waals surface area contributed by atoms with E-state index in [0.717, 1.165) is 31.2 Å². The molecule has 138 valence electrons. The minimum Gasteiger partial charge on any atom is -0.333 e. The molecule has 1 fully saturated rings. The Labute approximate surface area is 152 Å². The van der Waals surface area contributed by atoms with Crippen LogP contribution >= 0.6 is 0 Å². The maximum Gasteiger partial charge on any atom is 0.253 e. The second kappa shape index (κ2) is 10.9. The lowest BCUT2D eigenvalue weighted by molar-refractivity contribution is -0.116. The van der Waals surface area contributed by atoms with E-state index in [-0.39, 0.29) is 5.91 Å². The second-order valence-corrected chi connectivity index (χ2v) is 6.74. The van der Waals surface area contributed by atoms with E-state index in [2.05, 4.69) is 18.7 Å². The van der Waals surface area contributed by atoms with Crippen LogP contribution in [0.15, 0.2) is 35.3 Å². The van der Waals surface area contributed by atoms with Gasteiger partial charge in [-0.3, -0.25) is 9.79 Å². The summed E-state index contributed by atoms with van der Waals surface area (Å²) in [7, 11) is 0. The Morgan fingerprint density at radius 2 is 1.56 bits per heavy atom. The smallest absolute Gasteiger partial charge is 0.253 e. The first-order chi connectivity index (χ1) is 12.3. The summed E-state index contributed by atoms with van der Waals surface area (Å²) in [5.41, 5.74) is 0.915. The number of guanidine groups is 1. The lowest BCUT2D eigenvalue weighted by Crippen LogP contribution is -2.35. The number of likely N-dealkylation sites (N-methyl/N-ethyl adjacent to an activating group) is 1. The van der Waals surface area contributed by atoms with Crippen LogP contribution in [0.1, 0.15) is 65.2 Å². The van der Waals surface area contributed by atoms with Crippen molar-refractivity contribution >= 4 is 17.6 Å². The van der Waals surface area contributed by atoms with Gasteiger partial charge in [0.25, 0.3) is 5.91 Å². The molecule has 0 N–H and O–H groups in total. The van der Waals surface area contributed by atoms with Gasteiger partial charge in [0.15, 0.2) is 0 Å². The van der Waals surface area contributed by atoms with Crippen LogP contribution in [0.4, 0.5) is 5.69 Å². The fraction of sp³-hybridized carbons (Fsp3) is 0.619. The van der Waals surface area contributed by atoms with Gasteiger partial charge in [-0.25, -0.2) is 4.90 Å². The van der Waals surface area contributed by atoms with Crippen LogP contribution in [-0.4, -0.2) is 36.4 Å². The van der Waals surface area contributed by atoms with Crippen molar-refractivity contribution in [1.29, 1.82) is 0 Å². The van der Waals surface area contributed by atoms with E-state index < -0.39 is 0 Å². The average Bonchev–Trinajstić information content (AvgIpc) is 2.96. The van der Waals surface area contributed by atoms with Crippen LogP contribution in [0.25, 0.3) is 0 Å².